The smallest absolute Gasteiger partial charge is 0.176 e. The predicted molar refractivity (Wildman–Crippen MR) is 105 cm³/mol. The van der Waals surface area contributed by atoms with Gasteiger partial charge in [0.1, 0.15) is 6.61 Å². The zero-order valence-corrected chi connectivity index (χ0v) is 16.2. The van der Waals surface area contributed by atoms with Crippen LogP contribution in [-0.4, -0.2) is 13.7 Å². The van der Waals surface area contributed by atoms with Crippen molar-refractivity contribution in [1.29, 1.82) is 5.26 Å². The molecule has 0 amide bonds. The topological polar surface area (TPSA) is 42.2 Å². The Bertz CT molecular complexity index is 911. The van der Waals surface area contributed by atoms with Crippen molar-refractivity contribution in [2.24, 2.45) is 0 Å². The van der Waals surface area contributed by atoms with Gasteiger partial charge in [-0.25, -0.2) is 0 Å². The van der Waals surface area contributed by atoms with E-state index in [4.69, 9.17) is 39.1 Å². The summed E-state index contributed by atoms with van der Waals surface area (Å²) in [6, 6.07) is 10.7. The molecule has 2 rings (SSSR count). The minimum absolute atomic E-state index is 0.119. The van der Waals surface area contributed by atoms with Gasteiger partial charge in [-0.3, -0.25) is 0 Å². The molecule has 0 N–H and O–H groups in total. The molecule has 0 atom stereocenters. The van der Waals surface area contributed by atoms with Crippen molar-refractivity contribution in [2.45, 2.75) is 0 Å². The minimum atomic E-state index is 0.119. The highest BCUT2D eigenvalue weighted by Crippen LogP contribution is 2.38. The SMILES string of the molecule is C#CCOc1c(Br)cc(/C=C(\C#N)c2ccc(Cl)cc2Cl)cc1OC. The van der Waals surface area contributed by atoms with Crippen LogP contribution in [0, 0.1) is 23.7 Å². The zero-order chi connectivity index (χ0) is 18.4. The molecule has 25 heavy (non-hydrogen) atoms. The Morgan fingerprint density at radius 1 is 1.32 bits per heavy atom. The Morgan fingerprint density at radius 3 is 2.68 bits per heavy atom. The van der Waals surface area contributed by atoms with Crippen LogP contribution in [0.1, 0.15) is 11.1 Å². The van der Waals surface area contributed by atoms with Crippen LogP contribution in [0.2, 0.25) is 10.0 Å². The van der Waals surface area contributed by atoms with E-state index in [1.165, 1.54) is 7.11 Å². The number of hydrogen-bond acceptors (Lipinski definition) is 3. The van der Waals surface area contributed by atoms with Crippen LogP contribution in [0.25, 0.3) is 11.6 Å². The van der Waals surface area contributed by atoms with E-state index in [0.29, 0.717) is 37.2 Å². The second-order valence-corrected chi connectivity index (χ2v) is 6.52. The summed E-state index contributed by atoms with van der Waals surface area (Å²) in [5.41, 5.74) is 1.73. The first-order chi connectivity index (χ1) is 12.0. The summed E-state index contributed by atoms with van der Waals surface area (Å²) in [7, 11) is 1.53. The molecule has 0 saturated heterocycles. The predicted octanol–water partition coefficient (Wildman–Crippen LogP) is 5.84. The van der Waals surface area contributed by atoms with Gasteiger partial charge in [0.2, 0.25) is 0 Å². The number of nitrogens with zero attached hydrogens (tertiary/aromatic N) is 1. The monoisotopic (exact) mass is 435 g/mol. The van der Waals surface area contributed by atoms with E-state index in [0.717, 1.165) is 5.56 Å². The molecule has 0 aliphatic rings. The molecule has 0 aliphatic carbocycles. The lowest BCUT2D eigenvalue weighted by atomic mass is 10.0. The molecular weight excluding hydrogens is 425 g/mol. The zero-order valence-electron chi connectivity index (χ0n) is 13.1. The second kappa shape index (κ2) is 8.83. The number of allylic oxidation sites excluding steroid dienone is 1. The van der Waals surface area contributed by atoms with Crippen molar-refractivity contribution in [3.05, 3.63) is 56.0 Å². The summed E-state index contributed by atoms with van der Waals surface area (Å²) in [5.74, 6) is 3.40. The molecule has 3 nitrogen and oxygen atoms in total. The van der Waals surface area contributed by atoms with Gasteiger partial charge in [0, 0.05) is 10.6 Å². The summed E-state index contributed by atoms with van der Waals surface area (Å²) in [5, 5.41) is 10.4. The van der Waals surface area contributed by atoms with Crippen LogP contribution in [0.5, 0.6) is 11.5 Å². The number of ether oxygens (including phenoxy) is 2. The normalized spacial score (nSPS) is 10.7. The lowest BCUT2D eigenvalue weighted by Crippen LogP contribution is -1.98. The van der Waals surface area contributed by atoms with Crippen molar-refractivity contribution in [1.82, 2.24) is 0 Å². The summed E-state index contributed by atoms with van der Waals surface area (Å²) in [6.45, 7) is 0.119. The maximum Gasteiger partial charge on any atom is 0.176 e. The Morgan fingerprint density at radius 2 is 2.08 bits per heavy atom. The summed E-state index contributed by atoms with van der Waals surface area (Å²) in [6.07, 6.45) is 6.92. The Hall–Kier alpha value is -2.11. The average molecular weight is 437 g/mol. The maximum atomic E-state index is 9.50. The minimum Gasteiger partial charge on any atom is -0.493 e. The fourth-order valence-electron chi connectivity index (χ4n) is 2.12. The van der Waals surface area contributed by atoms with Crippen LogP contribution < -0.4 is 9.47 Å². The van der Waals surface area contributed by atoms with Crippen LogP contribution in [0.3, 0.4) is 0 Å². The van der Waals surface area contributed by atoms with E-state index >= 15 is 0 Å². The highest BCUT2D eigenvalue weighted by atomic mass is 79.9. The Balaban J connectivity index is 2.50. The Labute approximate surface area is 164 Å². The van der Waals surface area contributed by atoms with E-state index in [1.807, 2.05) is 0 Å². The van der Waals surface area contributed by atoms with Gasteiger partial charge in [-0.1, -0.05) is 35.2 Å². The fourth-order valence-corrected chi connectivity index (χ4v) is 3.21. The largest absolute Gasteiger partial charge is 0.493 e. The molecule has 0 fully saturated rings. The third kappa shape index (κ3) is 4.71. The van der Waals surface area contributed by atoms with Crippen LogP contribution in [-0.2, 0) is 0 Å². The molecule has 0 aliphatic heterocycles. The van der Waals surface area contributed by atoms with E-state index < -0.39 is 0 Å². The molecular formula is C19H12BrCl2NO2. The van der Waals surface area contributed by atoms with E-state index in [1.54, 1.807) is 36.4 Å². The molecule has 126 valence electrons. The first-order valence-corrected chi connectivity index (χ1v) is 8.56. The summed E-state index contributed by atoms with van der Waals surface area (Å²) < 4.78 is 11.5. The third-order valence-electron chi connectivity index (χ3n) is 3.20. The molecule has 0 bridgehead atoms. The number of rotatable bonds is 5. The van der Waals surface area contributed by atoms with Gasteiger partial charge in [-0.15, -0.1) is 6.42 Å². The van der Waals surface area contributed by atoms with Gasteiger partial charge < -0.3 is 9.47 Å². The fraction of sp³-hybridized carbons (Fsp3) is 0.105. The van der Waals surface area contributed by atoms with Crippen LogP contribution in [0.4, 0.5) is 0 Å². The van der Waals surface area contributed by atoms with Crippen molar-refractivity contribution in [2.75, 3.05) is 13.7 Å². The van der Waals surface area contributed by atoms with E-state index in [2.05, 4.69) is 27.9 Å². The summed E-state index contributed by atoms with van der Waals surface area (Å²) in [4.78, 5) is 0. The van der Waals surface area contributed by atoms with Crippen LogP contribution in [0.15, 0.2) is 34.8 Å². The van der Waals surface area contributed by atoms with Gasteiger partial charge in [0.15, 0.2) is 11.5 Å². The molecule has 0 aromatic heterocycles. The first-order valence-electron chi connectivity index (χ1n) is 7.01. The Kier molecular flexibility index (Phi) is 6.79. The summed E-state index contributed by atoms with van der Waals surface area (Å²) >= 11 is 15.5. The highest BCUT2D eigenvalue weighted by molar-refractivity contribution is 9.10. The molecule has 0 spiro atoms. The standard InChI is InChI=1S/C19H12BrCl2NO2/c1-3-6-25-19-16(20)8-12(9-18(19)24-2)7-13(11-23)15-5-4-14(21)10-17(15)22/h1,4-5,7-10H,6H2,2H3/b13-7+. The van der Waals surface area contributed by atoms with Gasteiger partial charge in [0.05, 0.1) is 28.2 Å². The van der Waals surface area contributed by atoms with Gasteiger partial charge in [-0.2, -0.15) is 5.26 Å². The number of nitriles is 1. The molecule has 0 saturated carbocycles. The number of methoxy groups -OCH3 is 1. The number of halogens is 3. The average Bonchev–Trinajstić information content (AvgIpc) is 2.58. The van der Waals surface area contributed by atoms with Crippen LogP contribution >= 0.6 is 39.1 Å². The molecule has 0 heterocycles. The van der Waals surface area contributed by atoms with E-state index in [9.17, 15) is 5.26 Å². The number of hydrogen-bond donors (Lipinski definition) is 0. The van der Waals surface area contributed by atoms with Crippen molar-refractivity contribution < 1.29 is 9.47 Å². The van der Waals surface area contributed by atoms with Gasteiger partial charge >= 0.3 is 0 Å². The first kappa shape index (κ1) is 19.2. The highest BCUT2D eigenvalue weighted by Gasteiger charge is 2.12. The quantitative estimate of drug-likeness (QED) is 0.336. The van der Waals surface area contributed by atoms with E-state index in [-0.39, 0.29) is 6.61 Å². The molecule has 0 unspecified atom stereocenters. The van der Waals surface area contributed by atoms with Crippen molar-refractivity contribution >= 4 is 50.8 Å². The molecule has 6 heteroatoms. The molecule has 0 radical (unpaired) electrons. The molecule has 2 aromatic carbocycles. The second-order valence-electron chi connectivity index (χ2n) is 4.82. The lowest BCUT2D eigenvalue weighted by Gasteiger charge is -2.12. The lowest BCUT2D eigenvalue weighted by molar-refractivity contribution is 0.329. The van der Waals surface area contributed by atoms with Gasteiger partial charge in [0.25, 0.3) is 0 Å². The number of benzene rings is 2. The van der Waals surface area contributed by atoms with Crippen molar-refractivity contribution in [3.8, 4) is 29.9 Å². The number of terminal acetylenes is 1. The van der Waals surface area contributed by atoms with Gasteiger partial charge in [-0.05, 0) is 51.8 Å². The van der Waals surface area contributed by atoms with Crippen molar-refractivity contribution in [3.63, 3.8) is 0 Å². The maximum absolute atomic E-state index is 9.50. The third-order valence-corrected chi connectivity index (χ3v) is 4.34. The molecule has 2 aromatic rings.